The summed E-state index contributed by atoms with van der Waals surface area (Å²) in [7, 11) is 0. The molecule has 0 radical (unpaired) electrons. The topological polar surface area (TPSA) is 74.2 Å². The Morgan fingerprint density at radius 1 is 1.10 bits per heavy atom. The van der Waals surface area contributed by atoms with Crippen molar-refractivity contribution in [3.8, 4) is 28.6 Å². The average molecular weight is 281 g/mol. The van der Waals surface area contributed by atoms with Gasteiger partial charge >= 0.3 is 0 Å². The van der Waals surface area contributed by atoms with Gasteiger partial charge in [0.2, 0.25) is 5.82 Å². The highest BCUT2D eigenvalue weighted by molar-refractivity contribution is 5.66. The van der Waals surface area contributed by atoms with Gasteiger partial charge in [0.25, 0.3) is 5.89 Å². The van der Waals surface area contributed by atoms with Gasteiger partial charge in [-0.25, -0.2) is 0 Å². The molecule has 3 aromatic rings. The molecule has 0 saturated carbocycles. The van der Waals surface area contributed by atoms with Crippen molar-refractivity contribution in [1.82, 2.24) is 10.1 Å². The van der Waals surface area contributed by atoms with Crippen molar-refractivity contribution in [2.24, 2.45) is 0 Å². The molecule has 2 aromatic carbocycles. The second kappa shape index (κ2) is 5.66. The van der Waals surface area contributed by atoms with E-state index < -0.39 is 0 Å². The van der Waals surface area contributed by atoms with Crippen molar-refractivity contribution >= 4 is 5.69 Å². The Balaban J connectivity index is 1.91. The molecule has 5 heteroatoms. The van der Waals surface area contributed by atoms with Gasteiger partial charge in [0.1, 0.15) is 5.75 Å². The predicted molar refractivity (Wildman–Crippen MR) is 80.8 cm³/mol. The lowest BCUT2D eigenvalue weighted by molar-refractivity contribution is 0.342. The average Bonchev–Trinajstić information content (AvgIpc) is 3.00. The maximum Gasteiger partial charge on any atom is 0.258 e. The lowest BCUT2D eigenvalue weighted by Crippen LogP contribution is -1.96. The largest absolute Gasteiger partial charge is 0.492 e. The second-order valence-electron chi connectivity index (χ2n) is 4.47. The first-order valence-corrected chi connectivity index (χ1v) is 6.69. The highest BCUT2D eigenvalue weighted by atomic mass is 16.5. The third kappa shape index (κ3) is 2.72. The summed E-state index contributed by atoms with van der Waals surface area (Å²) in [6.45, 7) is 2.49. The maximum absolute atomic E-state index is 5.95. The molecule has 2 N–H and O–H groups in total. The molecule has 3 rings (SSSR count). The van der Waals surface area contributed by atoms with E-state index in [4.69, 9.17) is 15.0 Å². The smallest absolute Gasteiger partial charge is 0.258 e. The molecular formula is C16H15N3O2. The summed E-state index contributed by atoms with van der Waals surface area (Å²) in [5, 5.41) is 3.99. The molecule has 0 aliphatic heterocycles. The molecule has 0 aliphatic carbocycles. The first-order valence-electron chi connectivity index (χ1n) is 6.69. The Morgan fingerprint density at radius 2 is 1.90 bits per heavy atom. The van der Waals surface area contributed by atoms with E-state index in [0.29, 0.717) is 29.8 Å². The van der Waals surface area contributed by atoms with Crippen LogP contribution in [0, 0.1) is 0 Å². The van der Waals surface area contributed by atoms with Crippen LogP contribution in [0.4, 0.5) is 5.69 Å². The maximum atomic E-state index is 5.95. The SMILES string of the molecule is CCOc1ccc(-c2nc(-c3ccccc3)no2)cc1N. The molecule has 21 heavy (non-hydrogen) atoms. The summed E-state index contributed by atoms with van der Waals surface area (Å²) in [6, 6.07) is 15.1. The lowest BCUT2D eigenvalue weighted by atomic mass is 10.2. The minimum atomic E-state index is 0.434. The molecule has 0 saturated heterocycles. The monoisotopic (exact) mass is 281 g/mol. The fraction of sp³-hybridized carbons (Fsp3) is 0.125. The molecule has 0 spiro atoms. The summed E-state index contributed by atoms with van der Waals surface area (Å²) in [5.74, 6) is 1.64. The Morgan fingerprint density at radius 3 is 2.62 bits per heavy atom. The van der Waals surface area contributed by atoms with Gasteiger partial charge in [0, 0.05) is 11.1 Å². The van der Waals surface area contributed by atoms with Crippen molar-refractivity contribution < 1.29 is 9.26 Å². The van der Waals surface area contributed by atoms with Gasteiger partial charge < -0.3 is 15.0 Å². The number of hydrogen-bond donors (Lipinski definition) is 1. The highest BCUT2D eigenvalue weighted by Gasteiger charge is 2.12. The number of benzene rings is 2. The summed E-state index contributed by atoms with van der Waals surface area (Å²) in [5.41, 5.74) is 8.18. The molecular weight excluding hydrogens is 266 g/mol. The zero-order valence-corrected chi connectivity index (χ0v) is 11.6. The number of ether oxygens (including phenoxy) is 1. The van der Waals surface area contributed by atoms with Crippen molar-refractivity contribution in [1.29, 1.82) is 0 Å². The zero-order chi connectivity index (χ0) is 14.7. The van der Waals surface area contributed by atoms with Crippen molar-refractivity contribution in [2.45, 2.75) is 6.92 Å². The third-order valence-electron chi connectivity index (χ3n) is 3.01. The van der Waals surface area contributed by atoms with E-state index in [9.17, 15) is 0 Å². The van der Waals surface area contributed by atoms with Crippen LogP contribution in [-0.2, 0) is 0 Å². The number of anilines is 1. The van der Waals surface area contributed by atoms with Crippen molar-refractivity contribution in [3.63, 3.8) is 0 Å². The molecule has 0 aliphatic rings. The van der Waals surface area contributed by atoms with Crippen LogP contribution in [0.25, 0.3) is 22.8 Å². The molecule has 0 atom stereocenters. The lowest BCUT2D eigenvalue weighted by Gasteiger charge is -2.06. The number of hydrogen-bond acceptors (Lipinski definition) is 5. The van der Waals surface area contributed by atoms with Gasteiger partial charge in [-0.1, -0.05) is 35.5 Å². The fourth-order valence-corrected chi connectivity index (χ4v) is 2.01. The first kappa shape index (κ1) is 13.2. The van der Waals surface area contributed by atoms with Crippen LogP contribution in [0.15, 0.2) is 53.1 Å². The summed E-state index contributed by atoms with van der Waals surface area (Å²) < 4.78 is 10.7. The van der Waals surface area contributed by atoms with Crippen LogP contribution in [0.2, 0.25) is 0 Å². The molecule has 0 amide bonds. The minimum Gasteiger partial charge on any atom is -0.492 e. The summed E-state index contributed by atoms with van der Waals surface area (Å²) in [6.07, 6.45) is 0. The predicted octanol–water partition coefficient (Wildman–Crippen LogP) is 3.38. The van der Waals surface area contributed by atoms with Crippen LogP contribution >= 0.6 is 0 Å². The van der Waals surface area contributed by atoms with Gasteiger partial charge in [-0.15, -0.1) is 0 Å². The Bertz CT molecular complexity index is 738. The van der Waals surface area contributed by atoms with Crippen molar-refractivity contribution in [3.05, 3.63) is 48.5 Å². The molecule has 106 valence electrons. The number of nitrogens with zero attached hydrogens (tertiary/aromatic N) is 2. The molecule has 0 unspecified atom stereocenters. The molecule has 0 fully saturated rings. The van der Waals surface area contributed by atoms with Crippen molar-refractivity contribution in [2.75, 3.05) is 12.3 Å². The van der Waals surface area contributed by atoms with Crippen LogP contribution in [-0.4, -0.2) is 16.7 Å². The van der Waals surface area contributed by atoms with E-state index in [-0.39, 0.29) is 0 Å². The zero-order valence-electron chi connectivity index (χ0n) is 11.6. The van der Waals surface area contributed by atoms with Gasteiger partial charge in [0.15, 0.2) is 0 Å². The summed E-state index contributed by atoms with van der Waals surface area (Å²) >= 11 is 0. The van der Waals surface area contributed by atoms with Crippen LogP contribution in [0.5, 0.6) is 5.75 Å². The van der Waals surface area contributed by atoms with Crippen LogP contribution < -0.4 is 10.5 Å². The highest BCUT2D eigenvalue weighted by Crippen LogP contribution is 2.28. The summed E-state index contributed by atoms with van der Waals surface area (Å²) in [4.78, 5) is 4.39. The van der Waals surface area contributed by atoms with Gasteiger partial charge in [-0.05, 0) is 25.1 Å². The van der Waals surface area contributed by atoms with E-state index in [1.807, 2.05) is 43.3 Å². The van der Waals surface area contributed by atoms with Crippen LogP contribution in [0.1, 0.15) is 6.92 Å². The van der Waals surface area contributed by atoms with E-state index in [0.717, 1.165) is 11.1 Å². The van der Waals surface area contributed by atoms with E-state index in [2.05, 4.69) is 10.1 Å². The Hall–Kier alpha value is -2.82. The molecule has 1 heterocycles. The van der Waals surface area contributed by atoms with Gasteiger partial charge in [-0.2, -0.15) is 4.98 Å². The molecule has 0 bridgehead atoms. The molecule has 5 nitrogen and oxygen atoms in total. The van der Waals surface area contributed by atoms with E-state index in [1.54, 1.807) is 12.1 Å². The Labute approximate surface area is 122 Å². The molecule has 1 aromatic heterocycles. The quantitative estimate of drug-likeness (QED) is 0.742. The first-order chi connectivity index (χ1) is 10.3. The second-order valence-corrected chi connectivity index (χ2v) is 4.47. The third-order valence-corrected chi connectivity index (χ3v) is 3.01. The number of aromatic nitrogens is 2. The fourth-order valence-electron chi connectivity index (χ4n) is 2.01. The van der Waals surface area contributed by atoms with E-state index in [1.165, 1.54) is 0 Å². The van der Waals surface area contributed by atoms with E-state index >= 15 is 0 Å². The van der Waals surface area contributed by atoms with Crippen LogP contribution in [0.3, 0.4) is 0 Å². The normalized spacial score (nSPS) is 10.5. The minimum absolute atomic E-state index is 0.434. The Kier molecular flexibility index (Phi) is 3.55. The number of nitrogens with two attached hydrogens (primary N) is 1. The number of rotatable bonds is 4. The van der Waals surface area contributed by atoms with Gasteiger partial charge in [-0.3, -0.25) is 0 Å². The number of nitrogen functional groups attached to an aromatic ring is 1. The standard InChI is InChI=1S/C16H15N3O2/c1-2-20-14-9-8-12(10-13(14)17)16-18-15(19-21-16)11-6-4-3-5-7-11/h3-10H,2,17H2,1H3. The van der Waals surface area contributed by atoms with Gasteiger partial charge in [0.05, 0.1) is 12.3 Å².